The lowest BCUT2D eigenvalue weighted by atomic mass is 10.2. The van der Waals surface area contributed by atoms with E-state index in [4.69, 9.17) is 10.3 Å². The quantitative estimate of drug-likeness (QED) is 0.810. The third-order valence-electron chi connectivity index (χ3n) is 2.17. The molecule has 0 aliphatic carbocycles. The van der Waals surface area contributed by atoms with Crippen LogP contribution >= 0.6 is 0 Å². The second-order valence-corrected chi connectivity index (χ2v) is 3.46. The van der Waals surface area contributed by atoms with E-state index in [9.17, 15) is 5.11 Å². The average Bonchev–Trinajstić information content (AvgIpc) is 2.75. The summed E-state index contributed by atoms with van der Waals surface area (Å²) >= 11 is 0. The van der Waals surface area contributed by atoms with Gasteiger partial charge in [0.15, 0.2) is 5.82 Å². The molecule has 0 unspecified atom stereocenters. The smallest absolute Gasteiger partial charge is 0.258 e. The SMILES string of the molecule is NCCCc1noc(-c2cccc(O)c2)n1. The number of aromatic hydroxyl groups is 1. The van der Waals surface area contributed by atoms with Crippen LogP contribution in [-0.4, -0.2) is 21.8 Å². The van der Waals surface area contributed by atoms with Crippen molar-refractivity contribution >= 4 is 0 Å². The number of phenols is 1. The van der Waals surface area contributed by atoms with Gasteiger partial charge in [0.25, 0.3) is 5.89 Å². The maximum absolute atomic E-state index is 9.32. The monoisotopic (exact) mass is 219 g/mol. The molecule has 0 atom stereocenters. The third kappa shape index (κ3) is 2.38. The Kier molecular flexibility index (Phi) is 3.16. The van der Waals surface area contributed by atoms with E-state index >= 15 is 0 Å². The minimum atomic E-state index is 0.180. The van der Waals surface area contributed by atoms with Gasteiger partial charge in [0.2, 0.25) is 0 Å². The Morgan fingerprint density at radius 3 is 3.00 bits per heavy atom. The number of benzene rings is 1. The first-order valence-corrected chi connectivity index (χ1v) is 5.11. The van der Waals surface area contributed by atoms with Gasteiger partial charge >= 0.3 is 0 Å². The zero-order chi connectivity index (χ0) is 11.4. The van der Waals surface area contributed by atoms with E-state index < -0.39 is 0 Å². The Labute approximate surface area is 92.9 Å². The summed E-state index contributed by atoms with van der Waals surface area (Å²) in [5, 5.41) is 13.2. The molecule has 0 saturated heterocycles. The molecule has 5 nitrogen and oxygen atoms in total. The molecule has 16 heavy (non-hydrogen) atoms. The zero-order valence-corrected chi connectivity index (χ0v) is 8.76. The van der Waals surface area contributed by atoms with Crippen molar-refractivity contribution in [2.24, 2.45) is 5.73 Å². The lowest BCUT2D eigenvalue weighted by Crippen LogP contribution is -2.01. The largest absolute Gasteiger partial charge is 0.508 e. The van der Waals surface area contributed by atoms with Crippen LogP contribution in [0.3, 0.4) is 0 Å². The first-order chi connectivity index (χ1) is 7.79. The number of phenolic OH excluding ortho intramolecular Hbond substituents is 1. The van der Waals surface area contributed by atoms with Gasteiger partial charge in [0.1, 0.15) is 5.75 Å². The Balaban J connectivity index is 2.18. The van der Waals surface area contributed by atoms with Crippen LogP contribution in [-0.2, 0) is 6.42 Å². The van der Waals surface area contributed by atoms with Crippen LogP contribution in [0, 0.1) is 0 Å². The van der Waals surface area contributed by atoms with E-state index in [-0.39, 0.29) is 5.75 Å². The van der Waals surface area contributed by atoms with Gasteiger partial charge in [0.05, 0.1) is 0 Å². The van der Waals surface area contributed by atoms with E-state index in [0.717, 1.165) is 6.42 Å². The molecular weight excluding hydrogens is 206 g/mol. The first-order valence-electron chi connectivity index (χ1n) is 5.11. The maximum Gasteiger partial charge on any atom is 0.258 e. The Morgan fingerprint density at radius 1 is 1.38 bits per heavy atom. The molecule has 5 heteroatoms. The third-order valence-corrected chi connectivity index (χ3v) is 2.17. The minimum Gasteiger partial charge on any atom is -0.508 e. The van der Waals surface area contributed by atoms with Gasteiger partial charge in [-0.2, -0.15) is 4.98 Å². The van der Waals surface area contributed by atoms with E-state index in [0.29, 0.717) is 30.2 Å². The van der Waals surface area contributed by atoms with Crippen LogP contribution in [0.2, 0.25) is 0 Å². The molecule has 1 heterocycles. The highest BCUT2D eigenvalue weighted by Gasteiger charge is 2.08. The molecule has 0 bridgehead atoms. The topological polar surface area (TPSA) is 85.2 Å². The van der Waals surface area contributed by atoms with Crippen molar-refractivity contribution in [1.82, 2.24) is 10.1 Å². The Morgan fingerprint density at radius 2 is 2.25 bits per heavy atom. The van der Waals surface area contributed by atoms with Crippen LogP contribution in [0.5, 0.6) is 5.75 Å². The first kappa shape index (κ1) is 10.6. The molecule has 84 valence electrons. The molecule has 0 fully saturated rings. The summed E-state index contributed by atoms with van der Waals surface area (Å²) in [4.78, 5) is 4.21. The zero-order valence-electron chi connectivity index (χ0n) is 8.76. The molecule has 0 aliphatic rings. The summed E-state index contributed by atoms with van der Waals surface area (Å²) in [6.45, 7) is 0.607. The van der Waals surface area contributed by atoms with Crippen molar-refractivity contribution in [3.63, 3.8) is 0 Å². The molecule has 0 amide bonds. The van der Waals surface area contributed by atoms with Crippen molar-refractivity contribution in [3.8, 4) is 17.2 Å². The van der Waals surface area contributed by atoms with Crippen LogP contribution in [0.25, 0.3) is 11.5 Å². The predicted molar refractivity (Wildman–Crippen MR) is 58.8 cm³/mol. The average molecular weight is 219 g/mol. The Bertz CT molecular complexity index is 468. The van der Waals surface area contributed by atoms with Crippen molar-refractivity contribution in [1.29, 1.82) is 0 Å². The molecule has 0 aliphatic heterocycles. The fourth-order valence-corrected chi connectivity index (χ4v) is 1.37. The van der Waals surface area contributed by atoms with Crippen molar-refractivity contribution in [2.45, 2.75) is 12.8 Å². The molecule has 3 N–H and O–H groups in total. The Hall–Kier alpha value is -1.88. The lowest BCUT2D eigenvalue weighted by molar-refractivity contribution is 0.421. The van der Waals surface area contributed by atoms with Gasteiger partial charge in [-0.05, 0) is 31.2 Å². The molecule has 1 aromatic carbocycles. The van der Waals surface area contributed by atoms with Crippen LogP contribution in [0.4, 0.5) is 0 Å². The van der Waals surface area contributed by atoms with E-state index in [1.807, 2.05) is 0 Å². The molecule has 0 radical (unpaired) electrons. The predicted octanol–water partition coefficient (Wildman–Crippen LogP) is 1.33. The highest BCUT2D eigenvalue weighted by molar-refractivity contribution is 5.55. The normalized spacial score (nSPS) is 10.6. The van der Waals surface area contributed by atoms with Gasteiger partial charge in [-0.3, -0.25) is 0 Å². The molecular formula is C11H13N3O2. The fourth-order valence-electron chi connectivity index (χ4n) is 1.37. The van der Waals surface area contributed by atoms with Crippen molar-refractivity contribution < 1.29 is 9.63 Å². The van der Waals surface area contributed by atoms with E-state index in [2.05, 4.69) is 10.1 Å². The molecule has 2 rings (SSSR count). The molecule has 2 aromatic rings. The highest BCUT2D eigenvalue weighted by Crippen LogP contribution is 2.21. The van der Waals surface area contributed by atoms with Crippen molar-refractivity contribution in [2.75, 3.05) is 6.54 Å². The summed E-state index contributed by atoms with van der Waals surface area (Å²) in [6.07, 6.45) is 1.54. The standard InChI is InChI=1S/C11H13N3O2/c12-6-2-5-10-13-11(16-14-10)8-3-1-4-9(15)7-8/h1,3-4,7,15H,2,5-6,12H2. The summed E-state index contributed by atoms with van der Waals surface area (Å²) in [5.74, 6) is 1.24. The number of nitrogens with zero attached hydrogens (tertiary/aromatic N) is 2. The van der Waals surface area contributed by atoms with Crippen LogP contribution in [0.15, 0.2) is 28.8 Å². The van der Waals surface area contributed by atoms with Gasteiger partial charge < -0.3 is 15.4 Å². The maximum atomic E-state index is 9.32. The number of hydrogen-bond donors (Lipinski definition) is 2. The van der Waals surface area contributed by atoms with Crippen LogP contribution < -0.4 is 5.73 Å². The number of rotatable bonds is 4. The lowest BCUT2D eigenvalue weighted by Gasteiger charge is -1.94. The minimum absolute atomic E-state index is 0.180. The summed E-state index contributed by atoms with van der Waals surface area (Å²) in [5.41, 5.74) is 6.11. The number of nitrogens with two attached hydrogens (primary N) is 1. The second kappa shape index (κ2) is 4.76. The molecule has 0 saturated carbocycles. The fraction of sp³-hybridized carbons (Fsp3) is 0.273. The number of aryl methyl sites for hydroxylation is 1. The molecule has 1 aromatic heterocycles. The van der Waals surface area contributed by atoms with Gasteiger partial charge in [-0.25, -0.2) is 0 Å². The van der Waals surface area contributed by atoms with Gasteiger partial charge in [-0.1, -0.05) is 11.2 Å². The van der Waals surface area contributed by atoms with Gasteiger partial charge in [-0.15, -0.1) is 0 Å². The molecule has 0 spiro atoms. The second-order valence-electron chi connectivity index (χ2n) is 3.46. The van der Waals surface area contributed by atoms with Crippen LogP contribution in [0.1, 0.15) is 12.2 Å². The highest BCUT2D eigenvalue weighted by atomic mass is 16.5. The van der Waals surface area contributed by atoms with Gasteiger partial charge in [0, 0.05) is 12.0 Å². The summed E-state index contributed by atoms with van der Waals surface area (Å²) < 4.78 is 5.09. The van der Waals surface area contributed by atoms with E-state index in [1.54, 1.807) is 24.3 Å². The number of hydrogen-bond acceptors (Lipinski definition) is 5. The summed E-state index contributed by atoms with van der Waals surface area (Å²) in [6, 6.07) is 6.71. The van der Waals surface area contributed by atoms with Crippen molar-refractivity contribution in [3.05, 3.63) is 30.1 Å². The van der Waals surface area contributed by atoms with E-state index in [1.165, 1.54) is 0 Å². The number of aromatic nitrogens is 2. The summed E-state index contributed by atoms with van der Waals surface area (Å²) in [7, 11) is 0.